The van der Waals surface area contributed by atoms with Crippen LogP contribution < -0.4 is 5.43 Å². The highest BCUT2D eigenvalue weighted by atomic mass is 32.1. The van der Waals surface area contributed by atoms with Crippen molar-refractivity contribution < 1.29 is 4.74 Å². The third-order valence-electron chi connectivity index (χ3n) is 2.83. The van der Waals surface area contributed by atoms with Crippen molar-refractivity contribution in [3.05, 3.63) is 17.3 Å². The van der Waals surface area contributed by atoms with Crippen molar-refractivity contribution in [2.45, 2.75) is 6.92 Å². The summed E-state index contributed by atoms with van der Waals surface area (Å²) < 4.78 is 5.32. The maximum Gasteiger partial charge on any atom is 0.152 e. The lowest BCUT2D eigenvalue weighted by molar-refractivity contribution is 0.0495. The smallest absolute Gasteiger partial charge is 0.152 e. The molecule has 0 unspecified atom stereocenters. The van der Waals surface area contributed by atoms with Crippen LogP contribution in [0.2, 0.25) is 0 Å². The number of ether oxygens (including phenoxy) is 1. The van der Waals surface area contributed by atoms with Gasteiger partial charge in [-0.2, -0.15) is 0 Å². The SMILES string of the molecule is Cc1csc2ncnc(NN3CCOCC3)c12. The Balaban J connectivity index is 1.91. The molecule has 0 saturated carbocycles. The van der Waals surface area contributed by atoms with Crippen LogP contribution in [-0.2, 0) is 4.74 Å². The summed E-state index contributed by atoms with van der Waals surface area (Å²) in [7, 11) is 0. The third kappa shape index (κ3) is 2.11. The van der Waals surface area contributed by atoms with Gasteiger partial charge in [0, 0.05) is 13.1 Å². The molecule has 0 radical (unpaired) electrons. The number of hydrazine groups is 1. The molecule has 0 atom stereocenters. The summed E-state index contributed by atoms with van der Waals surface area (Å²) in [6, 6.07) is 0. The fourth-order valence-electron chi connectivity index (χ4n) is 1.93. The summed E-state index contributed by atoms with van der Waals surface area (Å²) in [5.74, 6) is 0.899. The number of hydrogen-bond acceptors (Lipinski definition) is 6. The molecule has 17 heavy (non-hydrogen) atoms. The number of nitrogens with zero attached hydrogens (tertiary/aromatic N) is 3. The number of morpholine rings is 1. The number of fused-ring (bicyclic) bond motifs is 1. The van der Waals surface area contributed by atoms with Crippen LogP contribution in [0, 0.1) is 6.92 Å². The van der Waals surface area contributed by atoms with Crippen molar-refractivity contribution in [1.29, 1.82) is 0 Å². The van der Waals surface area contributed by atoms with E-state index in [0.29, 0.717) is 0 Å². The molecule has 6 heteroatoms. The highest BCUT2D eigenvalue weighted by Gasteiger charge is 2.14. The first-order chi connectivity index (χ1) is 8.34. The third-order valence-corrected chi connectivity index (χ3v) is 3.83. The molecule has 1 saturated heterocycles. The quantitative estimate of drug-likeness (QED) is 0.878. The van der Waals surface area contributed by atoms with Crippen LogP contribution in [-0.4, -0.2) is 41.3 Å². The first kappa shape index (κ1) is 10.9. The van der Waals surface area contributed by atoms with Gasteiger partial charge in [-0.25, -0.2) is 15.0 Å². The second-order valence-corrected chi connectivity index (χ2v) is 4.89. The second-order valence-electron chi connectivity index (χ2n) is 4.03. The lowest BCUT2D eigenvalue weighted by atomic mass is 10.2. The number of aromatic nitrogens is 2. The van der Waals surface area contributed by atoms with E-state index in [1.807, 2.05) is 0 Å². The van der Waals surface area contributed by atoms with E-state index in [0.717, 1.165) is 42.3 Å². The molecule has 1 aliphatic heterocycles. The molecule has 0 amide bonds. The van der Waals surface area contributed by atoms with E-state index < -0.39 is 0 Å². The van der Waals surface area contributed by atoms with Gasteiger partial charge in [-0.1, -0.05) is 0 Å². The Kier molecular flexibility index (Phi) is 2.92. The maximum atomic E-state index is 5.32. The van der Waals surface area contributed by atoms with E-state index >= 15 is 0 Å². The van der Waals surface area contributed by atoms with Crippen LogP contribution in [0.5, 0.6) is 0 Å². The molecular weight excluding hydrogens is 236 g/mol. The van der Waals surface area contributed by atoms with E-state index in [-0.39, 0.29) is 0 Å². The minimum Gasteiger partial charge on any atom is -0.379 e. The van der Waals surface area contributed by atoms with Gasteiger partial charge in [0.1, 0.15) is 11.2 Å². The van der Waals surface area contributed by atoms with Crippen LogP contribution >= 0.6 is 11.3 Å². The standard InChI is InChI=1S/C11H14N4OS/c1-8-6-17-11-9(8)10(12-7-13-11)14-15-2-4-16-5-3-15/h6-7H,2-5H2,1H3,(H,12,13,14). The highest BCUT2D eigenvalue weighted by Crippen LogP contribution is 2.28. The molecule has 90 valence electrons. The van der Waals surface area contributed by atoms with Crippen molar-refractivity contribution in [3.63, 3.8) is 0 Å². The van der Waals surface area contributed by atoms with Crippen molar-refractivity contribution >= 4 is 27.4 Å². The van der Waals surface area contributed by atoms with E-state index in [2.05, 4.69) is 32.7 Å². The van der Waals surface area contributed by atoms with Crippen molar-refractivity contribution in [3.8, 4) is 0 Å². The van der Waals surface area contributed by atoms with Gasteiger partial charge in [0.2, 0.25) is 0 Å². The number of rotatable bonds is 2. The second kappa shape index (κ2) is 4.56. The molecular formula is C11H14N4OS. The molecule has 1 N–H and O–H groups in total. The molecule has 2 aromatic rings. The van der Waals surface area contributed by atoms with Crippen LogP contribution in [0.3, 0.4) is 0 Å². The largest absolute Gasteiger partial charge is 0.379 e. The van der Waals surface area contributed by atoms with Crippen LogP contribution in [0.15, 0.2) is 11.7 Å². The summed E-state index contributed by atoms with van der Waals surface area (Å²) in [4.78, 5) is 9.65. The fourth-order valence-corrected chi connectivity index (χ4v) is 2.82. The number of thiophene rings is 1. The molecule has 0 bridgehead atoms. The van der Waals surface area contributed by atoms with Crippen LogP contribution in [0.1, 0.15) is 5.56 Å². The van der Waals surface area contributed by atoms with E-state index in [9.17, 15) is 0 Å². The molecule has 0 aliphatic carbocycles. The Hall–Kier alpha value is -1.24. The average Bonchev–Trinajstić information content (AvgIpc) is 2.74. The van der Waals surface area contributed by atoms with E-state index in [1.165, 1.54) is 5.56 Å². The zero-order chi connectivity index (χ0) is 11.7. The minimum atomic E-state index is 0.768. The van der Waals surface area contributed by atoms with Gasteiger partial charge in [-0.15, -0.1) is 11.3 Å². The van der Waals surface area contributed by atoms with Gasteiger partial charge in [-0.3, -0.25) is 0 Å². The Bertz CT molecular complexity index is 521. The molecule has 5 nitrogen and oxygen atoms in total. The van der Waals surface area contributed by atoms with Crippen molar-refractivity contribution in [1.82, 2.24) is 15.0 Å². The van der Waals surface area contributed by atoms with Gasteiger partial charge in [0.05, 0.1) is 18.6 Å². The molecule has 0 aromatic carbocycles. The van der Waals surface area contributed by atoms with Gasteiger partial charge in [-0.05, 0) is 17.9 Å². The Morgan fingerprint density at radius 2 is 2.18 bits per heavy atom. The number of hydrogen-bond donors (Lipinski definition) is 1. The summed E-state index contributed by atoms with van der Waals surface area (Å²) in [6.07, 6.45) is 1.61. The monoisotopic (exact) mass is 250 g/mol. The van der Waals surface area contributed by atoms with Gasteiger partial charge >= 0.3 is 0 Å². The summed E-state index contributed by atoms with van der Waals surface area (Å²) in [5, 5.41) is 5.38. The number of anilines is 1. The Labute approximate surface area is 103 Å². The van der Waals surface area contributed by atoms with E-state index in [4.69, 9.17) is 4.74 Å². The minimum absolute atomic E-state index is 0.768. The lowest BCUT2D eigenvalue weighted by Gasteiger charge is -2.27. The maximum absolute atomic E-state index is 5.32. The average molecular weight is 250 g/mol. The summed E-state index contributed by atoms with van der Waals surface area (Å²) >= 11 is 1.66. The van der Waals surface area contributed by atoms with Crippen molar-refractivity contribution in [2.24, 2.45) is 0 Å². The van der Waals surface area contributed by atoms with Crippen molar-refractivity contribution in [2.75, 3.05) is 31.7 Å². The van der Waals surface area contributed by atoms with Gasteiger partial charge in [0.15, 0.2) is 5.82 Å². The Morgan fingerprint density at radius 1 is 1.35 bits per heavy atom. The first-order valence-electron chi connectivity index (χ1n) is 5.63. The molecule has 0 spiro atoms. The number of nitrogens with one attached hydrogen (secondary N) is 1. The first-order valence-corrected chi connectivity index (χ1v) is 6.51. The predicted octanol–water partition coefficient (Wildman–Crippen LogP) is 1.66. The normalized spacial score (nSPS) is 17.5. The molecule has 3 rings (SSSR count). The zero-order valence-corrected chi connectivity index (χ0v) is 10.5. The number of aryl methyl sites for hydroxylation is 1. The zero-order valence-electron chi connectivity index (χ0n) is 9.64. The topological polar surface area (TPSA) is 50.3 Å². The summed E-state index contributed by atoms with van der Waals surface area (Å²) in [6.45, 7) is 5.39. The predicted molar refractivity (Wildman–Crippen MR) is 68.2 cm³/mol. The summed E-state index contributed by atoms with van der Waals surface area (Å²) in [5.41, 5.74) is 4.58. The molecule has 1 fully saturated rings. The molecule has 2 aromatic heterocycles. The lowest BCUT2D eigenvalue weighted by Crippen LogP contribution is -2.40. The Morgan fingerprint density at radius 3 is 3.00 bits per heavy atom. The van der Waals surface area contributed by atoms with E-state index in [1.54, 1.807) is 17.7 Å². The highest BCUT2D eigenvalue weighted by molar-refractivity contribution is 7.17. The van der Waals surface area contributed by atoms with Gasteiger partial charge in [0.25, 0.3) is 0 Å². The fraction of sp³-hybridized carbons (Fsp3) is 0.455. The van der Waals surface area contributed by atoms with Crippen LogP contribution in [0.4, 0.5) is 5.82 Å². The molecule has 1 aliphatic rings. The van der Waals surface area contributed by atoms with Crippen LogP contribution in [0.25, 0.3) is 10.2 Å². The van der Waals surface area contributed by atoms with Gasteiger partial charge < -0.3 is 10.2 Å². The molecule has 3 heterocycles.